The van der Waals surface area contributed by atoms with Crippen LogP contribution in [0.3, 0.4) is 0 Å². The molecule has 0 spiro atoms. The Morgan fingerprint density at radius 3 is 2.67 bits per heavy atom. The molecule has 0 bridgehead atoms. The summed E-state index contributed by atoms with van der Waals surface area (Å²) in [6.45, 7) is 0.651. The Hall–Kier alpha value is -2.92. The third-order valence-corrected chi connectivity index (χ3v) is 4.00. The van der Waals surface area contributed by atoms with Gasteiger partial charge in [-0.05, 0) is 36.4 Å². The van der Waals surface area contributed by atoms with E-state index in [-0.39, 0.29) is 0 Å². The molecule has 4 rings (SSSR count). The number of benzene rings is 1. The minimum atomic E-state index is 0.602. The lowest BCUT2D eigenvalue weighted by molar-refractivity contribution is 1.09. The molecule has 118 valence electrons. The summed E-state index contributed by atoms with van der Waals surface area (Å²) in [5.41, 5.74) is 3.68. The Labute approximate surface area is 144 Å². The van der Waals surface area contributed by atoms with Crippen LogP contribution < -0.4 is 10.6 Å². The molecule has 6 heteroatoms. The van der Waals surface area contributed by atoms with Crippen LogP contribution in [-0.4, -0.2) is 15.8 Å². The molecule has 2 aromatic heterocycles. The fourth-order valence-electron chi connectivity index (χ4n) is 2.52. The van der Waals surface area contributed by atoms with Gasteiger partial charge in [-0.3, -0.25) is 9.98 Å². The number of pyridine rings is 2. The molecule has 0 saturated heterocycles. The minimum Gasteiger partial charge on any atom is -0.339 e. The van der Waals surface area contributed by atoms with E-state index in [1.165, 1.54) is 0 Å². The average molecular weight is 336 g/mol. The third kappa shape index (κ3) is 2.94. The van der Waals surface area contributed by atoms with Crippen molar-refractivity contribution in [1.82, 2.24) is 9.97 Å². The summed E-state index contributed by atoms with van der Waals surface area (Å²) in [5.74, 6) is 1.52. The SMILES string of the molecule is Clc1cc(NC2=NCc3cccnc32)ccc1Nc1ccccn1. The van der Waals surface area contributed by atoms with E-state index < -0.39 is 0 Å². The standard InChI is InChI=1S/C18H14ClN5/c19-14-10-13(6-7-15(14)24-16-5-1-2-8-20-16)23-18-17-12(11-22-18)4-3-9-21-17/h1-10H,11H2,(H,20,24)(H,22,23). The minimum absolute atomic E-state index is 0.602. The van der Waals surface area contributed by atoms with E-state index in [1.807, 2.05) is 48.5 Å². The molecule has 0 unspecified atom stereocenters. The van der Waals surface area contributed by atoms with Gasteiger partial charge in [-0.25, -0.2) is 4.98 Å². The molecule has 0 fully saturated rings. The van der Waals surface area contributed by atoms with Gasteiger partial charge in [-0.2, -0.15) is 0 Å². The molecule has 0 aliphatic carbocycles. The van der Waals surface area contributed by atoms with Gasteiger partial charge in [-0.15, -0.1) is 0 Å². The molecule has 0 atom stereocenters. The summed E-state index contributed by atoms with van der Waals surface area (Å²) in [6.07, 6.45) is 3.50. The summed E-state index contributed by atoms with van der Waals surface area (Å²) in [7, 11) is 0. The first-order valence-corrected chi connectivity index (χ1v) is 7.91. The quantitative estimate of drug-likeness (QED) is 0.751. The van der Waals surface area contributed by atoms with E-state index in [0.29, 0.717) is 11.6 Å². The fourth-order valence-corrected chi connectivity index (χ4v) is 2.75. The maximum atomic E-state index is 6.38. The zero-order valence-electron chi connectivity index (χ0n) is 12.7. The number of nitrogens with zero attached hydrogens (tertiary/aromatic N) is 3. The number of aliphatic imine (C=N–C) groups is 1. The summed E-state index contributed by atoms with van der Waals surface area (Å²) in [4.78, 5) is 13.1. The Morgan fingerprint density at radius 1 is 0.917 bits per heavy atom. The van der Waals surface area contributed by atoms with Gasteiger partial charge in [-0.1, -0.05) is 23.7 Å². The molecule has 0 amide bonds. The monoisotopic (exact) mass is 335 g/mol. The van der Waals surface area contributed by atoms with Crippen LogP contribution in [0.15, 0.2) is 65.9 Å². The number of amidine groups is 1. The highest BCUT2D eigenvalue weighted by atomic mass is 35.5. The molecule has 1 aliphatic rings. The molecule has 24 heavy (non-hydrogen) atoms. The molecule has 5 nitrogen and oxygen atoms in total. The zero-order valence-corrected chi connectivity index (χ0v) is 13.5. The predicted molar refractivity (Wildman–Crippen MR) is 97.1 cm³/mol. The van der Waals surface area contributed by atoms with Gasteiger partial charge in [0.15, 0.2) is 5.84 Å². The number of anilines is 3. The topological polar surface area (TPSA) is 62.2 Å². The van der Waals surface area contributed by atoms with Crippen molar-refractivity contribution in [1.29, 1.82) is 0 Å². The van der Waals surface area contributed by atoms with Gasteiger partial charge in [0.05, 0.1) is 17.3 Å². The van der Waals surface area contributed by atoms with Crippen molar-refractivity contribution >= 4 is 34.6 Å². The molecule has 0 saturated carbocycles. The predicted octanol–water partition coefficient (Wildman–Crippen LogP) is 4.25. The van der Waals surface area contributed by atoms with Crippen molar-refractivity contribution in [3.63, 3.8) is 0 Å². The highest BCUT2D eigenvalue weighted by Gasteiger charge is 2.17. The third-order valence-electron chi connectivity index (χ3n) is 3.68. The van der Waals surface area contributed by atoms with Crippen molar-refractivity contribution in [2.75, 3.05) is 10.6 Å². The zero-order chi connectivity index (χ0) is 16.4. The van der Waals surface area contributed by atoms with Gasteiger partial charge in [0.2, 0.25) is 0 Å². The highest BCUT2D eigenvalue weighted by molar-refractivity contribution is 6.33. The number of hydrogen-bond acceptors (Lipinski definition) is 5. The largest absolute Gasteiger partial charge is 0.339 e. The van der Waals surface area contributed by atoms with E-state index in [0.717, 1.165) is 34.3 Å². The number of halogens is 1. The van der Waals surface area contributed by atoms with Crippen LogP contribution in [0.25, 0.3) is 0 Å². The maximum Gasteiger partial charge on any atom is 0.152 e. The smallest absolute Gasteiger partial charge is 0.152 e. The van der Waals surface area contributed by atoms with Crippen LogP contribution in [0.4, 0.5) is 17.2 Å². The van der Waals surface area contributed by atoms with E-state index in [4.69, 9.17) is 11.6 Å². The van der Waals surface area contributed by atoms with E-state index >= 15 is 0 Å². The van der Waals surface area contributed by atoms with Crippen LogP contribution in [0.5, 0.6) is 0 Å². The second-order valence-electron chi connectivity index (χ2n) is 5.34. The van der Waals surface area contributed by atoms with Crippen LogP contribution in [0.2, 0.25) is 5.02 Å². The van der Waals surface area contributed by atoms with Crippen LogP contribution in [-0.2, 0) is 6.54 Å². The number of rotatable bonds is 3. The molecule has 1 aliphatic heterocycles. The van der Waals surface area contributed by atoms with Crippen molar-refractivity contribution < 1.29 is 0 Å². The lowest BCUT2D eigenvalue weighted by atomic mass is 10.2. The van der Waals surface area contributed by atoms with E-state index in [1.54, 1.807) is 12.4 Å². The molecule has 2 N–H and O–H groups in total. The Bertz CT molecular complexity index is 908. The lowest BCUT2D eigenvalue weighted by Gasteiger charge is -2.11. The second kappa shape index (κ2) is 6.29. The summed E-state index contributed by atoms with van der Waals surface area (Å²) >= 11 is 6.38. The van der Waals surface area contributed by atoms with Gasteiger partial charge < -0.3 is 10.6 Å². The number of hydrogen-bond donors (Lipinski definition) is 2. The van der Waals surface area contributed by atoms with Crippen LogP contribution >= 0.6 is 11.6 Å². The van der Waals surface area contributed by atoms with Crippen molar-refractivity contribution in [3.05, 3.63) is 77.2 Å². The first kappa shape index (κ1) is 14.7. The highest BCUT2D eigenvalue weighted by Crippen LogP contribution is 2.28. The molecule has 0 radical (unpaired) electrons. The molecule has 1 aromatic carbocycles. The Balaban J connectivity index is 1.53. The van der Waals surface area contributed by atoms with E-state index in [9.17, 15) is 0 Å². The summed E-state index contributed by atoms with van der Waals surface area (Å²) < 4.78 is 0. The number of aromatic nitrogens is 2. The van der Waals surface area contributed by atoms with Gasteiger partial charge in [0.25, 0.3) is 0 Å². The van der Waals surface area contributed by atoms with Gasteiger partial charge >= 0.3 is 0 Å². The summed E-state index contributed by atoms with van der Waals surface area (Å²) in [5, 5.41) is 7.09. The van der Waals surface area contributed by atoms with Crippen LogP contribution in [0.1, 0.15) is 11.3 Å². The van der Waals surface area contributed by atoms with Crippen molar-refractivity contribution in [3.8, 4) is 0 Å². The van der Waals surface area contributed by atoms with Crippen LogP contribution in [0, 0.1) is 0 Å². The normalized spacial score (nSPS) is 12.5. The lowest BCUT2D eigenvalue weighted by Crippen LogP contribution is -2.13. The molecule has 3 heterocycles. The Kier molecular flexibility index (Phi) is 3.84. The molecule has 3 aromatic rings. The van der Waals surface area contributed by atoms with E-state index in [2.05, 4.69) is 25.6 Å². The number of nitrogens with one attached hydrogen (secondary N) is 2. The second-order valence-corrected chi connectivity index (χ2v) is 5.74. The van der Waals surface area contributed by atoms with Crippen molar-refractivity contribution in [2.45, 2.75) is 6.54 Å². The summed E-state index contributed by atoms with van der Waals surface area (Å²) in [6, 6.07) is 15.3. The molecular formula is C18H14ClN5. The van der Waals surface area contributed by atoms with Gasteiger partial charge in [0, 0.05) is 23.6 Å². The first-order chi connectivity index (χ1) is 11.8. The fraction of sp³-hybridized carbons (Fsp3) is 0.0556. The first-order valence-electron chi connectivity index (χ1n) is 7.53. The maximum absolute atomic E-state index is 6.38. The molecular weight excluding hydrogens is 322 g/mol. The number of fused-ring (bicyclic) bond motifs is 1. The van der Waals surface area contributed by atoms with Gasteiger partial charge in [0.1, 0.15) is 11.5 Å². The average Bonchev–Trinajstić information content (AvgIpc) is 3.01. The van der Waals surface area contributed by atoms with Crippen molar-refractivity contribution in [2.24, 2.45) is 4.99 Å². The Morgan fingerprint density at radius 2 is 1.83 bits per heavy atom.